The standard InChI is InChI=1S/C14H20N2OS/c1-2-11-6-3-4-8-13(11)16-14(18)15-10-12-7-5-9-17-12/h3-4,6,8,12H,2,5,7,9-10H2,1H3,(H2,15,16,18)/t12-/m0/s1. The van der Waals surface area contributed by atoms with Gasteiger partial charge in [0.2, 0.25) is 0 Å². The summed E-state index contributed by atoms with van der Waals surface area (Å²) in [6, 6.07) is 8.24. The number of hydrogen-bond acceptors (Lipinski definition) is 2. The second-order valence-corrected chi connectivity index (χ2v) is 4.89. The van der Waals surface area contributed by atoms with Crippen molar-refractivity contribution in [3.8, 4) is 0 Å². The summed E-state index contributed by atoms with van der Waals surface area (Å²) in [5.74, 6) is 0. The SMILES string of the molecule is CCc1ccccc1NC(=S)NC[C@@H]1CCCO1. The van der Waals surface area contributed by atoms with E-state index in [-0.39, 0.29) is 0 Å². The average molecular weight is 264 g/mol. The Hall–Kier alpha value is -1.13. The van der Waals surface area contributed by atoms with Gasteiger partial charge in [0, 0.05) is 18.8 Å². The topological polar surface area (TPSA) is 33.3 Å². The van der Waals surface area contributed by atoms with Gasteiger partial charge < -0.3 is 15.4 Å². The van der Waals surface area contributed by atoms with Crippen molar-refractivity contribution in [2.24, 2.45) is 0 Å². The first-order chi connectivity index (χ1) is 8.79. The van der Waals surface area contributed by atoms with Gasteiger partial charge >= 0.3 is 0 Å². The molecule has 0 aromatic heterocycles. The van der Waals surface area contributed by atoms with Crippen LogP contribution < -0.4 is 10.6 Å². The third kappa shape index (κ3) is 3.68. The van der Waals surface area contributed by atoms with E-state index >= 15 is 0 Å². The molecule has 1 aliphatic rings. The zero-order valence-corrected chi connectivity index (χ0v) is 11.6. The molecular formula is C14H20N2OS. The van der Waals surface area contributed by atoms with E-state index in [1.165, 1.54) is 5.56 Å². The van der Waals surface area contributed by atoms with Crippen LogP contribution >= 0.6 is 12.2 Å². The van der Waals surface area contributed by atoms with E-state index in [1.54, 1.807) is 0 Å². The Morgan fingerprint density at radius 2 is 2.28 bits per heavy atom. The van der Waals surface area contributed by atoms with E-state index in [0.717, 1.165) is 38.1 Å². The van der Waals surface area contributed by atoms with Gasteiger partial charge in [0.15, 0.2) is 5.11 Å². The lowest BCUT2D eigenvalue weighted by molar-refractivity contribution is 0.114. The molecule has 0 unspecified atom stereocenters. The van der Waals surface area contributed by atoms with Gasteiger partial charge in [-0.05, 0) is 43.1 Å². The molecule has 0 saturated carbocycles. The van der Waals surface area contributed by atoms with E-state index in [2.05, 4.69) is 29.7 Å². The number of benzene rings is 1. The van der Waals surface area contributed by atoms with Gasteiger partial charge in [0.1, 0.15) is 0 Å². The van der Waals surface area contributed by atoms with Crippen LogP contribution in [-0.2, 0) is 11.2 Å². The van der Waals surface area contributed by atoms with Gasteiger partial charge in [-0.2, -0.15) is 0 Å². The lowest BCUT2D eigenvalue weighted by Crippen LogP contribution is -2.35. The molecule has 1 saturated heterocycles. The van der Waals surface area contributed by atoms with E-state index < -0.39 is 0 Å². The number of anilines is 1. The molecule has 1 aromatic rings. The van der Waals surface area contributed by atoms with E-state index in [1.807, 2.05) is 12.1 Å². The maximum Gasteiger partial charge on any atom is 0.170 e. The monoisotopic (exact) mass is 264 g/mol. The molecule has 98 valence electrons. The Labute approximate surface area is 114 Å². The van der Waals surface area contributed by atoms with E-state index in [9.17, 15) is 0 Å². The number of aryl methyl sites for hydroxylation is 1. The summed E-state index contributed by atoms with van der Waals surface area (Å²) in [7, 11) is 0. The first kappa shape index (κ1) is 13.3. The molecule has 4 heteroatoms. The van der Waals surface area contributed by atoms with Crippen LogP contribution in [0.3, 0.4) is 0 Å². The quantitative estimate of drug-likeness (QED) is 0.819. The second-order valence-electron chi connectivity index (χ2n) is 4.48. The average Bonchev–Trinajstić information content (AvgIpc) is 2.90. The van der Waals surface area contributed by atoms with Crippen molar-refractivity contribution in [2.75, 3.05) is 18.5 Å². The highest BCUT2D eigenvalue weighted by Crippen LogP contribution is 2.15. The molecule has 0 amide bonds. The zero-order chi connectivity index (χ0) is 12.8. The molecule has 3 nitrogen and oxygen atoms in total. The van der Waals surface area contributed by atoms with Crippen LogP contribution in [-0.4, -0.2) is 24.4 Å². The second kappa shape index (κ2) is 6.71. The number of rotatable bonds is 4. The molecule has 0 bridgehead atoms. The highest BCUT2D eigenvalue weighted by molar-refractivity contribution is 7.80. The van der Waals surface area contributed by atoms with Gasteiger partial charge in [-0.25, -0.2) is 0 Å². The molecule has 1 fully saturated rings. The number of para-hydroxylation sites is 1. The maximum atomic E-state index is 5.55. The minimum atomic E-state index is 0.311. The smallest absolute Gasteiger partial charge is 0.170 e. The molecule has 2 N–H and O–H groups in total. The van der Waals surface area contributed by atoms with Crippen molar-refractivity contribution < 1.29 is 4.74 Å². The third-order valence-corrected chi connectivity index (χ3v) is 3.41. The fourth-order valence-corrected chi connectivity index (χ4v) is 2.32. The van der Waals surface area contributed by atoms with Gasteiger partial charge in [-0.3, -0.25) is 0 Å². The van der Waals surface area contributed by atoms with Crippen molar-refractivity contribution in [1.82, 2.24) is 5.32 Å². The van der Waals surface area contributed by atoms with E-state index in [0.29, 0.717) is 11.2 Å². The first-order valence-electron chi connectivity index (χ1n) is 6.54. The Morgan fingerprint density at radius 3 is 3.00 bits per heavy atom. The predicted molar refractivity (Wildman–Crippen MR) is 79.0 cm³/mol. The molecule has 1 heterocycles. The van der Waals surface area contributed by atoms with Gasteiger partial charge in [-0.1, -0.05) is 25.1 Å². The number of nitrogens with one attached hydrogen (secondary N) is 2. The largest absolute Gasteiger partial charge is 0.376 e. The summed E-state index contributed by atoms with van der Waals surface area (Å²) in [4.78, 5) is 0. The van der Waals surface area contributed by atoms with Gasteiger partial charge in [-0.15, -0.1) is 0 Å². The van der Waals surface area contributed by atoms with Crippen molar-refractivity contribution in [3.63, 3.8) is 0 Å². The van der Waals surface area contributed by atoms with Crippen LogP contribution in [0.15, 0.2) is 24.3 Å². The molecule has 0 spiro atoms. The summed E-state index contributed by atoms with van der Waals surface area (Å²) in [5, 5.41) is 7.14. The first-order valence-corrected chi connectivity index (χ1v) is 6.94. The van der Waals surface area contributed by atoms with Crippen LogP contribution in [0.25, 0.3) is 0 Å². The number of ether oxygens (including phenoxy) is 1. The highest BCUT2D eigenvalue weighted by atomic mass is 32.1. The summed E-state index contributed by atoms with van der Waals surface area (Å²) < 4.78 is 5.55. The van der Waals surface area contributed by atoms with Crippen molar-refractivity contribution in [3.05, 3.63) is 29.8 Å². The van der Waals surface area contributed by atoms with Crippen LogP contribution in [0.4, 0.5) is 5.69 Å². The predicted octanol–water partition coefficient (Wildman–Crippen LogP) is 2.71. The van der Waals surface area contributed by atoms with E-state index in [4.69, 9.17) is 17.0 Å². The number of hydrogen-bond donors (Lipinski definition) is 2. The van der Waals surface area contributed by atoms with Gasteiger partial charge in [0.05, 0.1) is 6.10 Å². The normalized spacial score (nSPS) is 18.6. The summed E-state index contributed by atoms with van der Waals surface area (Å²) in [6.07, 6.45) is 3.59. The minimum Gasteiger partial charge on any atom is -0.376 e. The van der Waals surface area contributed by atoms with Crippen molar-refractivity contribution in [2.45, 2.75) is 32.3 Å². The molecule has 18 heavy (non-hydrogen) atoms. The van der Waals surface area contributed by atoms with Crippen LogP contribution in [0.1, 0.15) is 25.3 Å². The van der Waals surface area contributed by atoms with Crippen LogP contribution in [0.5, 0.6) is 0 Å². The number of thiocarbonyl (C=S) groups is 1. The van der Waals surface area contributed by atoms with Crippen LogP contribution in [0.2, 0.25) is 0 Å². The molecule has 0 aliphatic carbocycles. The minimum absolute atomic E-state index is 0.311. The fourth-order valence-electron chi connectivity index (χ4n) is 2.13. The highest BCUT2D eigenvalue weighted by Gasteiger charge is 2.15. The maximum absolute atomic E-state index is 5.55. The van der Waals surface area contributed by atoms with Crippen molar-refractivity contribution in [1.29, 1.82) is 0 Å². The molecule has 2 rings (SSSR count). The Kier molecular flexibility index (Phi) is 4.96. The molecule has 1 aliphatic heterocycles. The summed E-state index contributed by atoms with van der Waals surface area (Å²) in [6.45, 7) is 3.81. The third-order valence-electron chi connectivity index (χ3n) is 3.16. The lowest BCUT2D eigenvalue weighted by Gasteiger charge is -2.15. The molecule has 1 aromatic carbocycles. The summed E-state index contributed by atoms with van der Waals surface area (Å²) >= 11 is 5.30. The molecule has 0 radical (unpaired) electrons. The Balaban J connectivity index is 1.82. The lowest BCUT2D eigenvalue weighted by atomic mass is 10.1. The Bertz CT molecular complexity index is 403. The van der Waals surface area contributed by atoms with Crippen LogP contribution in [0, 0.1) is 0 Å². The summed E-state index contributed by atoms with van der Waals surface area (Å²) in [5.41, 5.74) is 2.36. The molecule has 1 atom stereocenters. The van der Waals surface area contributed by atoms with Gasteiger partial charge in [0.25, 0.3) is 0 Å². The zero-order valence-electron chi connectivity index (χ0n) is 10.7. The fraction of sp³-hybridized carbons (Fsp3) is 0.500. The van der Waals surface area contributed by atoms with Crippen molar-refractivity contribution >= 4 is 23.0 Å². The molecular weight excluding hydrogens is 244 g/mol. The Morgan fingerprint density at radius 1 is 1.44 bits per heavy atom.